The van der Waals surface area contributed by atoms with Gasteiger partial charge in [0.05, 0.1) is 29.8 Å². The van der Waals surface area contributed by atoms with Gasteiger partial charge in [-0.15, -0.1) is 0 Å². The number of carbonyl (C=O) groups excluding carboxylic acids is 2. The first-order valence-corrected chi connectivity index (χ1v) is 12.0. The summed E-state index contributed by atoms with van der Waals surface area (Å²) in [4.78, 5) is 29.4. The smallest absolute Gasteiger partial charge is 0.420 e. The van der Waals surface area contributed by atoms with E-state index in [2.05, 4.69) is 0 Å². The van der Waals surface area contributed by atoms with Crippen molar-refractivity contribution in [2.24, 2.45) is 5.92 Å². The van der Waals surface area contributed by atoms with Gasteiger partial charge in [0.1, 0.15) is 5.58 Å². The summed E-state index contributed by atoms with van der Waals surface area (Å²) in [6.07, 6.45) is -2.00. The second-order valence-corrected chi connectivity index (χ2v) is 9.86. The molecule has 34 heavy (non-hydrogen) atoms. The number of halogens is 4. The molecule has 0 radical (unpaired) electrons. The number of fused-ring (bicyclic) bond motifs is 1. The predicted molar refractivity (Wildman–Crippen MR) is 119 cm³/mol. The summed E-state index contributed by atoms with van der Waals surface area (Å²) in [5, 5.41) is 0.0291. The third kappa shape index (κ3) is 4.28. The van der Waals surface area contributed by atoms with Crippen LogP contribution in [-0.4, -0.2) is 60.5 Å². The Labute approximate surface area is 199 Å². The molecule has 10 heteroatoms. The normalized spacial score (nSPS) is 22.4. The van der Waals surface area contributed by atoms with Crippen molar-refractivity contribution < 1.29 is 31.9 Å². The largest absolute Gasteiger partial charge is 0.449 e. The van der Waals surface area contributed by atoms with Crippen molar-refractivity contribution in [3.8, 4) is 0 Å². The molecular formula is C24H26ClF3N2O4. The molecular weight excluding hydrogens is 473 g/mol. The van der Waals surface area contributed by atoms with Crippen LogP contribution in [-0.2, 0) is 15.7 Å². The van der Waals surface area contributed by atoms with Gasteiger partial charge in [0.2, 0.25) is 11.7 Å². The third-order valence-electron chi connectivity index (χ3n) is 7.08. The number of nitrogens with zero attached hydrogens (tertiary/aromatic N) is 2. The molecule has 3 aliphatic rings. The van der Waals surface area contributed by atoms with Crippen LogP contribution in [0, 0.1) is 5.92 Å². The molecule has 1 atom stereocenters. The quantitative estimate of drug-likeness (QED) is 0.592. The first-order chi connectivity index (χ1) is 16.1. The molecule has 3 fully saturated rings. The molecule has 0 bridgehead atoms. The Balaban J connectivity index is 1.35. The van der Waals surface area contributed by atoms with Gasteiger partial charge in [-0.1, -0.05) is 11.6 Å². The van der Waals surface area contributed by atoms with E-state index in [-0.39, 0.29) is 40.0 Å². The van der Waals surface area contributed by atoms with E-state index in [1.165, 1.54) is 4.90 Å². The summed E-state index contributed by atoms with van der Waals surface area (Å²) in [6, 6.07) is 2.73. The lowest BCUT2D eigenvalue weighted by atomic mass is 9.94. The molecule has 2 aliphatic heterocycles. The van der Waals surface area contributed by atoms with Crippen LogP contribution in [0.1, 0.15) is 60.2 Å². The predicted octanol–water partition coefficient (Wildman–Crippen LogP) is 5.08. The van der Waals surface area contributed by atoms with Crippen molar-refractivity contribution in [3.63, 3.8) is 0 Å². The number of alkyl halides is 3. The molecule has 5 rings (SSSR count). The van der Waals surface area contributed by atoms with E-state index in [9.17, 15) is 22.8 Å². The maximum atomic E-state index is 13.7. The maximum absolute atomic E-state index is 13.7. The number of likely N-dealkylation sites (tertiary alicyclic amines) is 1. The topological polar surface area (TPSA) is 63.0 Å². The van der Waals surface area contributed by atoms with Crippen LogP contribution in [0.5, 0.6) is 0 Å². The molecule has 0 N–H and O–H groups in total. The minimum Gasteiger partial charge on any atom is -0.449 e. The van der Waals surface area contributed by atoms with Gasteiger partial charge in [-0.25, -0.2) is 0 Å². The summed E-state index contributed by atoms with van der Waals surface area (Å²) < 4.78 is 52.1. The van der Waals surface area contributed by atoms with Crippen LogP contribution in [0.4, 0.5) is 13.2 Å². The maximum Gasteiger partial charge on any atom is 0.420 e. The lowest BCUT2D eigenvalue weighted by Gasteiger charge is -2.38. The number of morpholine rings is 1. The number of amides is 2. The van der Waals surface area contributed by atoms with Gasteiger partial charge in [-0.3, -0.25) is 9.59 Å². The number of ether oxygens (including phenoxy) is 1. The number of carbonyl (C=O) groups is 2. The zero-order valence-electron chi connectivity index (χ0n) is 18.8. The fraction of sp³-hybridized carbons (Fsp3) is 0.583. The zero-order chi connectivity index (χ0) is 24.2. The summed E-state index contributed by atoms with van der Waals surface area (Å²) >= 11 is 6.41. The summed E-state index contributed by atoms with van der Waals surface area (Å²) in [5.41, 5.74) is -0.744. The van der Waals surface area contributed by atoms with Gasteiger partial charge in [0.15, 0.2) is 0 Å². The highest BCUT2D eigenvalue weighted by molar-refractivity contribution is 6.38. The lowest BCUT2D eigenvalue weighted by Crippen LogP contribution is -2.51. The van der Waals surface area contributed by atoms with Crippen LogP contribution >= 0.6 is 11.6 Å². The second-order valence-electron chi connectivity index (χ2n) is 9.48. The number of hydrogen-bond acceptors (Lipinski definition) is 4. The first kappa shape index (κ1) is 23.5. The minimum atomic E-state index is -4.63. The number of benzene rings is 1. The van der Waals surface area contributed by atoms with E-state index in [0.29, 0.717) is 51.3 Å². The third-order valence-corrected chi connectivity index (χ3v) is 7.46. The van der Waals surface area contributed by atoms with Crippen LogP contribution < -0.4 is 0 Å². The van der Waals surface area contributed by atoms with Crippen molar-refractivity contribution in [1.29, 1.82) is 0 Å². The molecule has 6 nitrogen and oxygen atoms in total. The van der Waals surface area contributed by atoms with Gasteiger partial charge in [0, 0.05) is 30.9 Å². The average molecular weight is 499 g/mol. The average Bonchev–Trinajstić information content (AvgIpc) is 3.61. The van der Waals surface area contributed by atoms with E-state index < -0.39 is 23.2 Å². The molecule has 3 heterocycles. The van der Waals surface area contributed by atoms with Crippen LogP contribution in [0.3, 0.4) is 0 Å². The molecule has 0 unspecified atom stereocenters. The van der Waals surface area contributed by atoms with Crippen LogP contribution in [0.25, 0.3) is 11.0 Å². The minimum absolute atomic E-state index is 0.0126. The molecule has 1 aliphatic carbocycles. The molecule has 2 amide bonds. The van der Waals surface area contributed by atoms with E-state index in [1.54, 1.807) is 6.07 Å². The molecule has 184 valence electrons. The van der Waals surface area contributed by atoms with Crippen LogP contribution in [0.15, 0.2) is 16.5 Å². The molecule has 2 aromatic rings. The summed E-state index contributed by atoms with van der Waals surface area (Å²) in [6.45, 7) is 4.14. The highest BCUT2D eigenvalue weighted by atomic mass is 35.5. The standard InChI is InChI=1S/C24H26ClF3N2O4/c1-13-12-33-9-8-30(13)22(31)15-4-6-29(7-5-15)23(32)21-19(25)17-10-16(14-2-3-14)11-18(20(17)34-21)24(26,27)28/h10-11,13-15H,2-9,12H2,1H3/t13-/m0/s1. The van der Waals surface area contributed by atoms with E-state index in [4.69, 9.17) is 20.8 Å². The Morgan fingerprint density at radius 3 is 2.41 bits per heavy atom. The Morgan fingerprint density at radius 1 is 1.09 bits per heavy atom. The van der Waals surface area contributed by atoms with E-state index in [1.807, 2.05) is 11.8 Å². The Hall–Kier alpha value is -2.26. The van der Waals surface area contributed by atoms with Gasteiger partial charge in [0.25, 0.3) is 5.91 Å². The Bertz CT molecular complexity index is 1120. The van der Waals surface area contributed by atoms with Gasteiger partial charge >= 0.3 is 6.18 Å². The lowest BCUT2D eigenvalue weighted by molar-refractivity contribution is -0.145. The Kier molecular flexibility index (Phi) is 6.04. The molecule has 0 spiro atoms. The zero-order valence-corrected chi connectivity index (χ0v) is 19.5. The van der Waals surface area contributed by atoms with Gasteiger partial charge in [-0.2, -0.15) is 13.2 Å². The number of furan rings is 1. The molecule has 2 saturated heterocycles. The SMILES string of the molecule is C[C@H]1COCCN1C(=O)C1CCN(C(=O)c2oc3c(C(F)(F)F)cc(C4CC4)cc3c2Cl)CC1. The number of rotatable bonds is 3. The van der Waals surface area contributed by atoms with Crippen molar-refractivity contribution in [2.45, 2.75) is 50.7 Å². The van der Waals surface area contributed by atoms with Crippen molar-refractivity contribution in [3.05, 3.63) is 34.0 Å². The Morgan fingerprint density at radius 2 is 1.79 bits per heavy atom. The van der Waals surface area contributed by atoms with Crippen molar-refractivity contribution >= 4 is 34.4 Å². The monoisotopic (exact) mass is 498 g/mol. The van der Waals surface area contributed by atoms with Crippen LogP contribution in [0.2, 0.25) is 5.02 Å². The van der Waals surface area contributed by atoms with Crippen molar-refractivity contribution in [1.82, 2.24) is 9.80 Å². The fourth-order valence-corrected chi connectivity index (χ4v) is 5.22. The second kappa shape index (κ2) is 8.75. The first-order valence-electron chi connectivity index (χ1n) is 11.7. The van der Waals surface area contributed by atoms with E-state index in [0.717, 1.165) is 18.9 Å². The summed E-state index contributed by atoms with van der Waals surface area (Å²) in [7, 11) is 0. The fourth-order valence-electron chi connectivity index (χ4n) is 4.96. The molecule has 1 aromatic heterocycles. The van der Waals surface area contributed by atoms with Crippen molar-refractivity contribution in [2.75, 3.05) is 32.8 Å². The van der Waals surface area contributed by atoms with Gasteiger partial charge < -0.3 is 19.0 Å². The molecule has 1 aromatic carbocycles. The number of hydrogen-bond donors (Lipinski definition) is 0. The number of piperidine rings is 1. The van der Waals surface area contributed by atoms with Gasteiger partial charge in [-0.05, 0) is 56.2 Å². The summed E-state index contributed by atoms with van der Waals surface area (Å²) in [5.74, 6) is -0.878. The highest BCUT2D eigenvalue weighted by Crippen LogP contribution is 2.47. The highest BCUT2D eigenvalue weighted by Gasteiger charge is 2.39. The van der Waals surface area contributed by atoms with E-state index >= 15 is 0 Å². The molecule has 1 saturated carbocycles.